The molecule has 0 saturated heterocycles. The van der Waals surface area contributed by atoms with Crippen LogP contribution in [-0.4, -0.2) is 31.2 Å². The summed E-state index contributed by atoms with van der Waals surface area (Å²) < 4.78 is 5.18. The highest BCUT2D eigenvalue weighted by molar-refractivity contribution is 5.79. The van der Waals surface area contributed by atoms with E-state index in [9.17, 15) is 4.79 Å². The first-order valence-corrected chi connectivity index (χ1v) is 8.76. The molecular formula is C20H29N3O2. The van der Waals surface area contributed by atoms with Crippen molar-refractivity contribution >= 4 is 11.6 Å². The van der Waals surface area contributed by atoms with Crippen LogP contribution < -0.4 is 10.2 Å². The Morgan fingerprint density at radius 1 is 1.16 bits per heavy atom. The van der Waals surface area contributed by atoms with E-state index in [2.05, 4.69) is 39.6 Å². The van der Waals surface area contributed by atoms with Crippen LogP contribution in [0.4, 0.5) is 5.69 Å². The van der Waals surface area contributed by atoms with Crippen LogP contribution in [-0.2, 0) is 17.6 Å². The smallest absolute Gasteiger partial charge is 0.223 e. The van der Waals surface area contributed by atoms with Gasteiger partial charge in [0.15, 0.2) is 0 Å². The van der Waals surface area contributed by atoms with Crippen molar-refractivity contribution in [1.82, 2.24) is 10.5 Å². The number of aryl methyl sites for hydroxylation is 2. The number of benzene rings is 1. The van der Waals surface area contributed by atoms with Gasteiger partial charge in [0.05, 0.1) is 5.69 Å². The van der Waals surface area contributed by atoms with Crippen molar-refractivity contribution in [2.75, 3.05) is 19.0 Å². The quantitative estimate of drug-likeness (QED) is 0.838. The van der Waals surface area contributed by atoms with Crippen molar-refractivity contribution in [2.24, 2.45) is 5.92 Å². The molecule has 0 aliphatic carbocycles. The van der Waals surface area contributed by atoms with Crippen LogP contribution in [0.1, 0.15) is 36.4 Å². The van der Waals surface area contributed by atoms with Crippen LogP contribution in [0.2, 0.25) is 0 Å². The standard InChI is InChI=1S/C20H29N3O2/c1-13(11-19-15(3)22-25-16(19)4)20(24)21-14(2)12-17-7-9-18(10-8-17)23(5)6/h7-10,13-14H,11-12H2,1-6H3,(H,21,24)/t13-,14-/m1/s1. The number of hydrogen-bond acceptors (Lipinski definition) is 4. The molecule has 0 unspecified atom stereocenters. The molecule has 136 valence electrons. The molecular weight excluding hydrogens is 314 g/mol. The molecule has 0 aliphatic rings. The van der Waals surface area contributed by atoms with E-state index < -0.39 is 0 Å². The number of hydrogen-bond donors (Lipinski definition) is 1. The Kier molecular flexibility index (Phi) is 6.23. The molecule has 0 bridgehead atoms. The lowest BCUT2D eigenvalue weighted by atomic mass is 9.98. The van der Waals surface area contributed by atoms with E-state index in [1.165, 1.54) is 11.3 Å². The summed E-state index contributed by atoms with van der Waals surface area (Å²) in [7, 11) is 4.05. The molecule has 1 aromatic carbocycles. The highest BCUT2D eigenvalue weighted by atomic mass is 16.5. The van der Waals surface area contributed by atoms with Gasteiger partial charge in [0, 0.05) is 37.3 Å². The normalized spacial score (nSPS) is 13.4. The van der Waals surface area contributed by atoms with Crippen molar-refractivity contribution in [3.05, 3.63) is 46.8 Å². The zero-order valence-electron chi connectivity index (χ0n) is 16.1. The molecule has 2 rings (SSSR count). The fourth-order valence-electron chi connectivity index (χ4n) is 2.91. The summed E-state index contributed by atoms with van der Waals surface area (Å²) in [5.74, 6) is 0.749. The maximum absolute atomic E-state index is 12.5. The molecule has 0 aliphatic heterocycles. The van der Waals surface area contributed by atoms with E-state index >= 15 is 0 Å². The Morgan fingerprint density at radius 2 is 1.80 bits per heavy atom. The predicted molar refractivity (Wildman–Crippen MR) is 101 cm³/mol. The molecule has 1 amide bonds. The van der Waals surface area contributed by atoms with Crippen molar-refractivity contribution in [1.29, 1.82) is 0 Å². The van der Waals surface area contributed by atoms with Gasteiger partial charge in [0.2, 0.25) is 5.91 Å². The molecule has 2 aromatic rings. The second kappa shape index (κ2) is 8.19. The first-order chi connectivity index (χ1) is 11.8. The van der Waals surface area contributed by atoms with Crippen molar-refractivity contribution in [3.63, 3.8) is 0 Å². The van der Waals surface area contributed by atoms with Gasteiger partial charge in [-0.25, -0.2) is 0 Å². The molecule has 25 heavy (non-hydrogen) atoms. The third kappa shape index (κ3) is 5.08. The van der Waals surface area contributed by atoms with Gasteiger partial charge in [-0.1, -0.05) is 24.2 Å². The average molecular weight is 343 g/mol. The highest BCUT2D eigenvalue weighted by Crippen LogP contribution is 2.18. The van der Waals surface area contributed by atoms with Crippen LogP contribution in [0.15, 0.2) is 28.8 Å². The second-order valence-electron chi connectivity index (χ2n) is 7.08. The Morgan fingerprint density at radius 3 is 2.32 bits per heavy atom. The predicted octanol–water partition coefficient (Wildman–Crippen LogP) is 3.28. The number of carbonyl (C=O) groups is 1. The first-order valence-electron chi connectivity index (χ1n) is 8.76. The summed E-state index contributed by atoms with van der Waals surface area (Å²) in [6.45, 7) is 7.79. The fourth-order valence-corrected chi connectivity index (χ4v) is 2.91. The summed E-state index contributed by atoms with van der Waals surface area (Å²) >= 11 is 0. The van der Waals surface area contributed by atoms with Crippen molar-refractivity contribution < 1.29 is 9.32 Å². The maximum Gasteiger partial charge on any atom is 0.223 e. The number of aromatic nitrogens is 1. The number of nitrogens with zero attached hydrogens (tertiary/aromatic N) is 2. The summed E-state index contributed by atoms with van der Waals surface area (Å²) in [5, 5.41) is 7.07. The molecule has 0 spiro atoms. The molecule has 0 radical (unpaired) electrons. The summed E-state index contributed by atoms with van der Waals surface area (Å²) in [4.78, 5) is 14.5. The minimum atomic E-state index is -0.115. The summed E-state index contributed by atoms with van der Waals surface area (Å²) in [5.41, 5.74) is 4.30. The van der Waals surface area contributed by atoms with Crippen LogP contribution in [0.5, 0.6) is 0 Å². The Bertz CT molecular complexity index is 685. The number of amides is 1. The molecule has 1 aromatic heterocycles. The third-order valence-corrected chi connectivity index (χ3v) is 4.52. The van der Waals surface area contributed by atoms with Crippen LogP contribution in [0.3, 0.4) is 0 Å². The zero-order valence-corrected chi connectivity index (χ0v) is 16.1. The zero-order chi connectivity index (χ0) is 18.6. The molecule has 0 fully saturated rings. The van der Waals surface area contributed by atoms with Gasteiger partial charge in [-0.3, -0.25) is 4.79 Å². The number of nitrogens with one attached hydrogen (secondary N) is 1. The van der Waals surface area contributed by atoms with Crippen LogP contribution in [0, 0.1) is 19.8 Å². The lowest BCUT2D eigenvalue weighted by Gasteiger charge is -2.18. The van der Waals surface area contributed by atoms with Crippen molar-refractivity contribution in [3.8, 4) is 0 Å². The SMILES string of the molecule is Cc1noc(C)c1C[C@@H](C)C(=O)N[C@H](C)Cc1ccc(N(C)C)cc1. The monoisotopic (exact) mass is 343 g/mol. The van der Waals surface area contributed by atoms with E-state index in [-0.39, 0.29) is 17.9 Å². The number of anilines is 1. The number of rotatable bonds is 7. The number of carbonyl (C=O) groups excluding carboxylic acids is 1. The molecule has 1 heterocycles. The van der Waals surface area contributed by atoms with E-state index in [1.807, 2.05) is 41.8 Å². The lowest BCUT2D eigenvalue weighted by Crippen LogP contribution is -2.38. The maximum atomic E-state index is 12.5. The van der Waals surface area contributed by atoms with E-state index in [0.29, 0.717) is 6.42 Å². The molecule has 0 saturated carbocycles. The Balaban J connectivity index is 1.88. The first kappa shape index (κ1) is 19.0. The Labute approximate surface area is 150 Å². The largest absolute Gasteiger partial charge is 0.378 e. The van der Waals surface area contributed by atoms with Crippen molar-refractivity contribution in [2.45, 2.75) is 46.6 Å². The van der Waals surface area contributed by atoms with Gasteiger partial charge >= 0.3 is 0 Å². The summed E-state index contributed by atoms with van der Waals surface area (Å²) in [6.07, 6.45) is 1.47. The highest BCUT2D eigenvalue weighted by Gasteiger charge is 2.20. The topological polar surface area (TPSA) is 58.4 Å². The molecule has 5 nitrogen and oxygen atoms in total. The molecule has 1 N–H and O–H groups in total. The van der Waals surface area contributed by atoms with Gasteiger partial charge < -0.3 is 14.7 Å². The molecule has 5 heteroatoms. The van der Waals surface area contributed by atoms with E-state index in [4.69, 9.17) is 4.52 Å². The van der Waals surface area contributed by atoms with E-state index in [0.717, 1.165) is 23.4 Å². The van der Waals surface area contributed by atoms with Gasteiger partial charge in [-0.05, 0) is 51.3 Å². The van der Waals surface area contributed by atoms with Crippen LogP contribution >= 0.6 is 0 Å². The minimum absolute atomic E-state index is 0.0670. The Hall–Kier alpha value is -2.30. The van der Waals surface area contributed by atoms with Crippen LogP contribution in [0.25, 0.3) is 0 Å². The summed E-state index contributed by atoms with van der Waals surface area (Å²) in [6, 6.07) is 8.52. The van der Waals surface area contributed by atoms with E-state index in [1.54, 1.807) is 0 Å². The van der Waals surface area contributed by atoms with Gasteiger partial charge in [-0.15, -0.1) is 0 Å². The third-order valence-electron chi connectivity index (χ3n) is 4.52. The fraction of sp³-hybridized carbons (Fsp3) is 0.500. The molecule has 2 atom stereocenters. The minimum Gasteiger partial charge on any atom is -0.378 e. The van der Waals surface area contributed by atoms with Gasteiger partial charge in [-0.2, -0.15) is 0 Å². The van der Waals surface area contributed by atoms with Gasteiger partial charge in [0.25, 0.3) is 0 Å². The second-order valence-corrected chi connectivity index (χ2v) is 7.08. The lowest BCUT2D eigenvalue weighted by molar-refractivity contribution is -0.125. The average Bonchev–Trinajstić information content (AvgIpc) is 2.87. The van der Waals surface area contributed by atoms with Gasteiger partial charge in [0.1, 0.15) is 5.76 Å².